The first-order valence-electron chi connectivity index (χ1n) is 9.50. The Morgan fingerprint density at radius 2 is 1.65 bits per heavy atom. The zero-order chi connectivity index (χ0) is 19.7. The monoisotopic (exact) mass is 362 g/mol. The van der Waals surface area contributed by atoms with Gasteiger partial charge in [-0.3, -0.25) is 9.59 Å². The summed E-state index contributed by atoms with van der Waals surface area (Å²) in [7, 11) is 1.53. The van der Waals surface area contributed by atoms with E-state index in [2.05, 4.69) is 24.5 Å². The molecule has 26 heavy (non-hydrogen) atoms. The Balaban J connectivity index is 2.70. The van der Waals surface area contributed by atoms with Gasteiger partial charge in [-0.25, -0.2) is 0 Å². The van der Waals surface area contributed by atoms with Gasteiger partial charge in [0.05, 0.1) is 12.7 Å². The number of amides is 2. The molecule has 0 bridgehead atoms. The van der Waals surface area contributed by atoms with Crippen molar-refractivity contribution in [1.82, 2.24) is 10.6 Å². The molecule has 2 unspecified atom stereocenters. The van der Waals surface area contributed by atoms with Crippen LogP contribution in [-0.4, -0.2) is 31.0 Å². The molecule has 0 saturated heterocycles. The van der Waals surface area contributed by atoms with E-state index in [-0.39, 0.29) is 23.8 Å². The third-order valence-corrected chi connectivity index (χ3v) is 4.39. The van der Waals surface area contributed by atoms with Crippen molar-refractivity contribution < 1.29 is 14.3 Å². The average molecular weight is 363 g/mol. The minimum absolute atomic E-state index is 0.0171. The Morgan fingerprint density at radius 1 is 1.00 bits per heavy atom. The molecular weight excluding hydrogens is 328 g/mol. The Hall–Kier alpha value is -2.04. The van der Waals surface area contributed by atoms with Crippen molar-refractivity contribution in [2.24, 2.45) is 11.8 Å². The molecule has 0 fully saturated rings. The van der Waals surface area contributed by atoms with Gasteiger partial charge in [-0.15, -0.1) is 0 Å². The highest BCUT2D eigenvalue weighted by Crippen LogP contribution is 2.18. The molecular formula is C21H34N2O3. The molecule has 1 rings (SSSR count). The lowest BCUT2D eigenvalue weighted by Crippen LogP contribution is -2.51. The molecule has 1 aromatic rings. The fraction of sp³-hybridized carbons (Fsp3) is 0.619. The second-order valence-corrected chi connectivity index (χ2v) is 7.63. The van der Waals surface area contributed by atoms with Gasteiger partial charge in [0.2, 0.25) is 5.91 Å². The van der Waals surface area contributed by atoms with Crippen molar-refractivity contribution in [3.63, 3.8) is 0 Å². The van der Waals surface area contributed by atoms with Gasteiger partial charge in [0.15, 0.2) is 0 Å². The summed E-state index contributed by atoms with van der Waals surface area (Å²) in [4.78, 5) is 25.3. The summed E-state index contributed by atoms with van der Waals surface area (Å²) in [6.45, 7) is 10.3. The zero-order valence-electron chi connectivity index (χ0n) is 17.0. The van der Waals surface area contributed by atoms with Gasteiger partial charge in [-0.1, -0.05) is 52.7 Å². The van der Waals surface area contributed by atoms with E-state index in [1.165, 1.54) is 7.11 Å². The summed E-state index contributed by atoms with van der Waals surface area (Å²) in [5.41, 5.74) is 0.429. The molecule has 0 radical (unpaired) electrons. The molecule has 0 saturated carbocycles. The third kappa shape index (κ3) is 7.06. The van der Waals surface area contributed by atoms with Crippen molar-refractivity contribution in [1.29, 1.82) is 0 Å². The van der Waals surface area contributed by atoms with Crippen molar-refractivity contribution in [2.75, 3.05) is 7.11 Å². The van der Waals surface area contributed by atoms with Crippen molar-refractivity contribution in [3.8, 4) is 5.75 Å². The Kier molecular flexibility index (Phi) is 9.17. The van der Waals surface area contributed by atoms with Crippen LogP contribution in [0, 0.1) is 11.8 Å². The number of rotatable bonds is 10. The first-order chi connectivity index (χ1) is 12.3. The summed E-state index contributed by atoms with van der Waals surface area (Å²) in [6.07, 6.45) is 3.17. The van der Waals surface area contributed by atoms with Gasteiger partial charge in [-0.05, 0) is 37.3 Å². The van der Waals surface area contributed by atoms with Crippen LogP contribution in [-0.2, 0) is 4.79 Å². The average Bonchev–Trinajstić information content (AvgIpc) is 2.58. The number of hydrogen-bond acceptors (Lipinski definition) is 3. The lowest BCUT2D eigenvalue weighted by atomic mass is 10.0. The maximum atomic E-state index is 12.7. The maximum absolute atomic E-state index is 12.7. The Bertz CT molecular complexity index is 584. The molecule has 2 amide bonds. The quantitative estimate of drug-likeness (QED) is 0.665. The van der Waals surface area contributed by atoms with Crippen LogP contribution in [0.2, 0.25) is 0 Å². The minimum Gasteiger partial charge on any atom is -0.496 e. The first-order valence-corrected chi connectivity index (χ1v) is 9.50. The van der Waals surface area contributed by atoms with Crippen LogP contribution in [0.25, 0.3) is 0 Å². The fourth-order valence-corrected chi connectivity index (χ4v) is 2.82. The van der Waals surface area contributed by atoms with Gasteiger partial charge in [0.1, 0.15) is 11.8 Å². The number of nitrogens with one attached hydrogen (secondary N) is 2. The number of hydrogen-bond donors (Lipinski definition) is 2. The van der Waals surface area contributed by atoms with E-state index >= 15 is 0 Å². The molecule has 0 heterocycles. The lowest BCUT2D eigenvalue weighted by molar-refractivity contribution is -0.124. The second kappa shape index (κ2) is 10.8. The molecule has 5 heteroatoms. The van der Waals surface area contributed by atoms with E-state index in [1.54, 1.807) is 24.3 Å². The van der Waals surface area contributed by atoms with E-state index in [4.69, 9.17) is 4.74 Å². The molecule has 0 aliphatic carbocycles. The number of para-hydroxylation sites is 1. The van der Waals surface area contributed by atoms with Crippen LogP contribution in [0.5, 0.6) is 5.75 Å². The number of ether oxygens (including phenoxy) is 1. The lowest BCUT2D eigenvalue weighted by Gasteiger charge is -2.24. The maximum Gasteiger partial charge on any atom is 0.255 e. The summed E-state index contributed by atoms with van der Waals surface area (Å²) in [6, 6.07) is 6.51. The van der Waals surface area contributed by atoms with E-state index in [1.807, 2.05) is 20.8 Å². The zero-order valence-corrected chi connectivity index (χ0v) is 17.0. The molecule has 0 aromatic heterocycles. The van der Waals surface area contributed by atoms with Gasteiger partial charge in [-0.2, -0.15) is 0 Å². The number of carbonyl (C=O) groups is 2. The normalized spacial score (nSPS) is 13.4. The molecule has 0 aliphatic rings. The SMILES string of the molecule is COc1ccccc1C(=O)NC(C(=O)NC(C)CCCC(C)C)C(C)C. The largest absolute Gasteiger partial charge is 0.496 e. The molecule has 0 spiro atoms. The predicted octanol–water partition coefficient (Wildman–Crippen LogP) is 3.78. The summed E-state index contributed by atoms with van der Waals surface area (Å²) in [5, 5.41) is 5.89. The first kappa shape index (κ1) is 22.0. The van der Waals surface area contributed by atoms with Crippen molar-refractivity contribution in [2.45, 2.75) is 66.0 Å². The van der Waals surface area contributed by atoms with Gasteiger partial charge in [0, 0.05) is 6.04 Å². The van der Waals surface area contributed by atoms with E-state index in [0.717, 1.165) is 19.3 Å². The van der Waals surface area contributed by atoms with Crippen LogP contribution in [0.3, 0.4) is 0 Å². The Labute approximate surface area is 157 Å². The highest BCUT2D eigenvalue weighted by atomic mass is 16.5. The van der Waals surface area contributed by atoms with Crippen LogP contribution >= 0.6 is 0 Å². The summed E-state index contributed by atoms with van der Waals surface area (Å²) >= 11 is 0. The van der Waals surface area contributed by atoms with E-state index in [9.17, 15) is 9.59 Å². The fourth-order valence-electron chi connectivity index (χ4n) is 2.82. The second-order valence-electron chi connectivity index (χ2n) is 7.63. The van der Waals surface area contributed by atoms with Crippen LogP contribution < -0.4 is 15.4 Å². The van der Waals surface area contributed by atoms with Crippen LogP contribution in [0.15, 0.2) is 24.3 Å². The standard InChI is InChI=1S/C21H34N2O3/c1-14(2)10-9-11-16(5)22-21(25)19(15(3)4)23-20(24)17-12-7-8-13-18(17)26-6/h7-8,12-16,19H,9-11H2,1-6H3,(H,22,25)(H,23,24). The van der Waals surface area contributed by atoms with Crippen LogP contribution in [0.4, 0.5) is 0 Å². The third-order valence-electron chi connectivity index (χ3n) is 4.39. The molecule has 2 N–H and O–H groups in total. The van der Waals surface area contributed by atoms with Gasteiger partial charge >= 0.3 is 0 Å². The minimum atomic E-state index is -0.583. The van der Waals surface area contributed by atoms with Crippen molar-refractivity contribution >= 4 is 11.8 Å². The number of methoxy groups -OCH3 is 1. The predicted molar refractivity (Wildman–Crippen MR) is 105 cm³/mol. The van der Waals surface area contributed by atoms with Crippen LogP contribution in [0.1, 0.15) is 64.2 Å². The highest BCUT2D eigenvalue weighted by molar-refractivity contribution is 5.99. The molecule has 5 nitrogen and oxygen atoms in total. The smallest absolute Gasteiger partial charge is 0.255 e. The Morgan fingerprint density at radius 3 is 2.23 bits per heavy atom. The molecule has 0 aliphatic heterocycles. The summed E-state index contributed by atoms with van der Waals surface area (Å²) < 4.78 is 5.24. The van der Waals surface area contributed by atoms with Gasteiger partial charge < -0.3 is 15.4 Å². The van der Waals surface area contributed by atoms with Gasteiger partial charge in [0.25, 0.3) is 5.91 Å². The van der Waals surface area contributed by atoms with E-state index in [0.29, 0.717) is 17.2 Å². The summed E-state index contributed by atoms with van der Waals surface area (Å²) in [5.74, 6) is 0.706. The van der Waals surface area contributed by atoms with Crippen molar-refractivity contribution in [3.05, 3.63) is 29.8 Å². The topological polar surface area (TPSA) is 67.4 Å². The highest BCUT2D eigenvalue weighted by Gasteiger charge is 2.26. The number of benzene rings is 1. The molecule has 146 valence electrons. The molecule has 2 atom stereocenters. The number of carbonyl (C=O) groups excluding carboxylic acids is 2. The van der Waals surface area contributed by atoms with E-state index < -0.39 is 6.04 Å². The molecule has 1 aromatic carbocycles.